The molecule has 0 bridgehead atoms. The molecule has 0 spiro atoms. The number of carboxylic acids is 1. The Morgan fingerprint density at radius 1 is 1.58 bits per heavy atom. The van der Waals surface area contributed by atoms with E-state index in [2.05, 4.69) is 0 Å². The molecule has 12 heavy (non-hydrogen) atoms. The highest BCUT2D eigenvalue weighted by Crippen LogP contribution is 1.93. The lowest BCUT2D eigenvalue weighted by atomic mass is 10.3. The van der Waals surface area contributed by atoms with Gasteiger partial charge in [0.2, 0.25) is 5.91 Å². The number of carbonyl (C=O) groups is 1. The SMILES string of the molecule is NCC(O)(O)N[C@@H](CO)C(=O)O. The molecule has 7 nitrogen and oxygen atoms in total. The van der Waals surface area contributed by atoms with Crippen LogP contribution in [0.4, 0.5) is 0 Å². The molecule has 0 saturated carbocycles. The van der Waals surface area contributed by atoms with Crippen LogP contribution >= 0.6 is 0 Å². The third kappa shape index (κ3) is 3.60. The van der Waals surface area contributed by atoms with Gasteiger partial charge in [-0.05, 0) is 0 Å². The number of hydrogen-bond acceptors (Lipinski definition) is 6. The minimum Gasteiger partial charge on any atom is -0.480 e. The van der Waals surface area contributed by atoms with Gasteiger partial charge >= 0.3 is 5.97 Å². The number of nitrogens with two attached hydrogens (primary N) is 1. The van der Waals surface area contributed by atoms with Crippen LogP contribution in [-0.2, 0) is 4.79 Å². The maximum absolute atomic E-state index is 10.2. The topological polar surface area (TPSA) is 136 Å². The third-order valence-electron chi connectivity index (χ3n) is 1.17. The minimum absolute atomic E-state index is 0.573. The van der Waals surface area contributed by atoms with Crippen molar-refractivity contribution in [1.29, 1.82) is 0 Å². The summed E-state index contributed by atoms with van der Waals surface area (Å²) < 4.78 is 0. The van der Waals surface area contributed by atoms with E-state index < -0.39 is 31.1 Å². The molecule has 0 aliphatic heterocycles. The van der Waals surface area contributed by atoms with Gasteiger partial charge in [0, 0.05) is 0 Å². The van der Waals surface area contributed by atoms with Crippen LogP contribution in [-0.4, -0.2) is 51.5 Å². The van der Waals surface area contributed by atoms with E-state index in [0.717, 1.165) is 0 Å². The quantitative estimate of drug-likeness (QED) is 0.243. The normalized spacial score (nSPS) is 14.3. The standard InChI is InChI=1S/C5H12N2O5/c6-2-5(11,12)7-3(1-8)4(9)10/h3,7-8,11-12H,1-2,6H2,(H,9,10)/t3-/m0/s1. The van der Waals surface area contributed by atoms with Gasteiger partial charge in [0.15, 0.2) is 0 Å². The molecule has 0 fully saturated rings. The average molecular weight is 180 g/mol. The summed E-state index contributed by atoms with van der Waals surface area (Å²) in [7, 11) is 0. The number of aliphatic carboxylic acids is 1. The maximum atomic E-state index is 10.2. The molecular weight excluding hydrogens is 168 g/mol. The molecular formula is C5H12N2O5. The van der Waals surface area contributed by atoms with Gasteiger partial charge in [0.25, 0.3) is 0 Å². The molecule has 0 heterocycles. The van der Waals surface area contributed by atoms with E-state index in [4.69, 9.17) is 26.2 Å². The highest BCUT2D eigenvalue weighted by molar-refractivity contribution is 5.73. The van der Waals surface area contributed by atoms with Crippen molar-refractivity contribution >= 4 is 5.97 Å². The number of rotatable bonds is 5. The first-order valence-corrected chi connectivity index (χ1v) is 3.19. The highest BCUT2D eigenvalue weighted by atomic mass is 16.5. The summed E-state index contributed by atoms with van der Waals surface area (Å²) in [5.74, 6) is -3.86. The van der Waals surface area contributed by atoms with Crippen molar-refractivity contribution in [3.05, 3.63) is 0 Å². The Labute approximate surface area is 68.4 Å². The number of carboxylic acid groups (broad SMARTS) is 1. The molecule has 0 saturated heterocycles. The van der Waals surface area contributed by atoms with Crippen molar-refractivity contribution in [3.8, 4) is 0 Å². The van der Waals surface area contributed by atoms with Gasteiger partial charge in [0.05, 0.1) is 13.2 Å². The molecule has 0 aliphatic carbocycles. The van der Waals surface area contributed by atoms with Gasteiger partial charge < -0.3 is 26.2 Å². The van der Waals surface area contributed by atoms with Gasteiger partial charge in [-0.3, -0.25) is 10.1 Å². The van der Waals surface area contributed by atoms with Gasteiger partial charge in [0.1, 0.15) is 6.04 Å². The van der Waals surface area contributed by atoms with Crippen LogP contribution in [0.1, 0.15) is 0 Å². The largest absolute Gasteiger partial charge is 0.480 e. The Morgan fingerprint density at radius 2 is 2.08 bits per heavy atom. The highest BCUT2D eigenvalue weighted by Gasteiger charge is 2.28. The molecule has 0 aromatic rings. The number of aliphatic hydroxyl groups is 3. The van der Waals surface area contributed by atoms with E-state index in [-0.39, 0.29) is 0 Å². The Kier molecular flexibility index (Phi) is 4.07. The Balaban J connectivity index is 4.11. The first-order valence-electron chi connectivity index (χ1n) is 3.19. The third-order valence-corrected chi connectivity index (χ3v) is 1.17. The summed E-state index contributed by atoms with van der Waals surface area (Å²) in [5, 5.41) is 36.3. The van der Waals surface area contributed by atoms with Crippen LogP contribution in [0, 0.1) is 0 Å². The fourth-order valence-electron chi connectivity index (χ4n) is 0.523. The minimum atomic E-state index is -2.47. The van der Waals surface area contributed by atoms with Gasteiger partial charge in [-0.25, -0.2) is 0 Å². The predicted molar refractivity (Wildman–Crippen MR) is 37.9 cm³/mol. The summed E-state index contributed by atoms with van der Waals surface area (Å²) >= 11 is 0. The van der Waals surface area contributed by atoms with Gasteiger partial charge in [-0.1, -0.05) is 0 Å². The number of hydrogen-bond donors (Lipinski definition) is 6. The summed E-state index contributed by atoms with van der Waals surface area (Å²) in [6.45, 7) is -1.32. The smallest absolute Gasteiger partial charge is 0.323 e. The van der Waals surface area contributed by atoms with Crippen LogP contribution in [0.3, 0.4) is 0 Å². The van der Waals surface area contributed by atoms with Crippen LogP contribution < -0.4 is 11.1 Å². The maximum Gasteiger partial charge on any atom is 0.323 e. The lowest BCUT2D eigenvalue weighted by Gasteiger charge is -2.24. The van der Waals surface area contributed by atoms with Gasteiger partial charge in [-0.2, -0.15) is 0 Å². The fraction of sp³-hybridized carbons (Fsp3) is 0.800. The zero-order chi connectivity index (χ0) is 9.78. The molecule has 1 atom stereocenters. The molecule has 0 rings (SSSR count). The molecule has 0 radical (unpaired) electrons. The van der Waals surface area contributed by atoms with Crippen molar-refractivity contribution in [2.24, 2.45) is 5.73 Å². The van der Waals surface area contributed by atoms with E-state index in [1.54, 1.807) is 0 Å². The Morgan fingerprint density at radius 3 is 2.33 bits per heavy atom. The van der Waals surface area contributed by atoms with E-state index >= 15 is 0 Å². The Hall–Kier alpha value is -0.730. The lowest BCUT2D eigenvalue weighted by Crippen LogP contribution is -2.58. The first-order chi connectivity index (χ1) is 5.43. The van der Waals surface area contributed by atoms with Crippen molar-refractivity contribution in [1.82, 2.24) is 5.32 Å². The Bertz CT molecular complexity index is 160. The lowest BCUT2D eigenvalue weighted by molar-refractivity contribution is -0.190. The van der Waals surface area contributed by atoms with E-state index in [9.17, 15) is 4.79 Å². The van der Waals surface area contributed by atoms with Gasteiger partial charge in [-0.15, -0.1) is 0 Å². The van der Waals surface area contributed by atoms with E-state index in [1.165, 1.54) is 0 Å². The van der Waals surface area contributed by atoms with Crippen molar-refractivity contribution in [2.45, 2.75) is 12.0 Å². The second-order valence-corrected chi connectivity index (χ2v) is 2.24. The molecule has 0 unspecified atom stereocenters. The van der Waals surface area contributed by atoms with Crippen LogP contribution in [0.2, 0.25) is 0 Å². The molecule has 0 aromatic carbocycles. The molecule has 0 amide bonds. The van der Waals surface area contributed by atoms with Crippen molar-refractivity contribution < 1.29 is 25.2 Å². The predicted octanol–water partition coefficient (Wildman–Crippen LogP) is -3.38. The van der Waals surface area contributed by atoms with Crippen LogP contribution in [0.5, 0.6) is 0 Å². The molecule has 0 aliphatic rings. The van der Waals surface area contributed by atoms with Crippen LogP contribution in [0.15, 0.2) is 0 Å². The first kappa shape index (κ1) is 11.3. The average Bonchev–Trinajstić information content (AvgIpc) is 2.00. The molecule has 0 aromatic heterocycles. The van der Waals surface area contributed by atoms with Crippen LogP contribution in [0.25, 0.3) is 0 Å². The fourth-order valence-corrected chi connectivity index (χ4v) is 0.523. The zero-order valence-corrected chi connectivity index (χ0v) is 6.27. The molecule has 7 N–H and O–H groups in total. The van der Waals surface area contributed by atoms with Crippen molar-refractivity contribution in [3.63, 3.8) is 0 Å². The second-order valence-electron chi connectivity index (χ2n) is 2.24. The van der Waals surface area contributed by atoms with Crippen molar-refractivity contribution in [2.75, 3.05) is 13.2 Å². The number of nitrogens with one attached hydrogen (secondary N) is 1. The summed E-state index contributed by atoms with van der Waals surface area (Å²) in [6, 6.07) is -1.44. The number of aliphatic hydroxyl groups excluding tert-OH is 1. The summed E-state index contributed by atoms with van der Waals surface area (Å²) in [5.41, 5.74) is 4.87. The summed E-state index contributed by atoms with van der Waals surface area (Å²) in [6.07, 6.45) is 0. The summed E-state index contributed by atoms with van der Waals surface area (Å²) in [4.78, 5) is 10.2. The zero-order valence-electron chi connectivity index (χ0n) is 6.27. The molecule has 72 valence electrons. The monoisotopic (exact) mass is 180 g/mol. The molecule has 7 heteroatoms. The van der Waals surface area contributed by atoms with E-state index in [0.29, 0.717) is 0 Å². The van der Waals surface area contributed by atoms with E-state index in [1.807, 2.05) is 5.32 Å². The second kappa shape index (κ2) is 4.33.